The molecular weight excluding hydrogens is 395 g/mol. The highest BCUT2D eigenvalue weighted by Gasteiger charge is 2.42. The molecule has 0 fully saturated rings. The Kier molecular flexibility index (Phi) is 4.54. The number of carbonyl (C=O) groups is 2. The number of nitrogens with zero attached hydrogens (tertiary/aromatic N) is 4. The number of esters is 1. The molecule has 0 unspecified atom stereocenters. The first-order valence-corrected chi connectivity index (χ1v) is 7.11. The van der Waals surface area contributed by atoms with Gasteiger partial charge in [0.15, 0.2) is 28.8 Å². The Morgan fingerprint density at radius 3 is 2.57 bits per heavy atom. The van der Waals surface area contributed by atoms with Crippen molar-refractivity contribution in [1.29, 1.82) is 0 Å². The number of ether oxygens (including phenoxy) is 1. The van der Waals surface area contributed by atoms with Gasteiger partial charge >= 0.3 is 12.1 Å². The summed E-state index contributed by atoms with van der Waals surface area (Å²) in [6.45, 7) is 0. The van der Waals surface area contributed by atoms with Gasteiger partial charge in [-0.3, -0.25) is 9.78 Å². The molecule has 0 atom stereocenters. The largest absolute Gasteiger partial charge is 0.491 e. The van der Waals surface area contributed by atoms with Gasteiger partial charge < -0.3 is 15.8 Å². The van der Waals surface area contributed by atoms with Gasteiger partial charge in [-0.05, 0) is 0 Å². The number of nitrogens with one attached hydrogen (secondary N) is 1. The van der Waals surface area contributed by atoms with E-state index in [4.69, 9.17) is 5.73 Å². The maximum Gasteiger partial charge on any atom is 0.491 e. The lowest BCUT2D eigenvalue weighted by Gasteiger charge is -2.12. The van der Waals surface area contributed by atoms with E-state index in [1.165, 1.54) is 0 Å². The molecule has 0 aliphatic carbocycles. The number of fused-ring (bicyclic) bond motifs is 1. The van der Waals surface area contributed by atoms with Crippen LogP contribution >= 0.6 is 0 Å². The third-order valence-electron chi connectivity index (χ3n) is 3.22. The number of hydrogen-bond acceptors (Lipinski definition) is 7. The van der Waals surface area contributed by atoms with Gasteiger partial charge in [0, 0.05) is 0 Å². The van der Waals surface area contributed by atoms with Crippen LogP contribution in [-0.2, 0) is 4.79 Å². The second-order valence-electron chi connectivity index (χ2n) is 5.14. The molecule has 0 aliphatic heterocycles. The van der Waals surface area contributed by atoms with E-state index in [9.17, 15) is 31.5 Å². The van der Waals surface area contributed by atoms with Gasteiger partial charge in [0.2, 0.25) is 0 Å². The molecule has 0 radical (unpaired) electrons. The number of nitrogen functional groups attached to an aromatic ring is 1. The first-order chi connectivity index (χ1) is 13.1. The van der Waals surface area contributed by atoms with Crippen LogP contribution in [0.25, 0.3) is 5.65 Å². The number of pyridine rings is 1. The van der Waals surface area contributed by atoms with Gasteiger partial charge in [-0.15, -0.1) is 5.10 Å². The van der Waals surface area contributed by atoms with Gasteiger partial charge in [-0.2, -0.15) is 13.2 Å². The molecule has 3 aromatic heterocycles. The summed E-state index contributed by atoms with van der Waals surface area (Å²) in [5.74, 6) is -7.63. The zero-order chi connectivity index (χ0) is 20.6. The molecule has 146 valence electrons. The van der Waals surface area contributed by atoms with Crippen LogP contribution in [0.5, 0.6) is 5.75 Å². The minimum atomic E-state index is -5.40. The van der Waals surface area contributed by atoms with Crippen LogP contribution in [-0.4, -0.2) is 37.6 Å². The van der Waals surface area contributed by atoms with Crippen molar-refractivity contribution in [3.8, 4) is 5.75 Å². The molecule has 3 rings (SSSR count). The predicted molar refractivity (Wildman–Crippen MR) is 81.2 cm³/mol. The van der Waals surface area contributed by atoms with Gasteiger partial charge in [0.25, 0.3) is 5.91 Å². The monoisotopic (exact) mass is 402 g/mol. The minimum absolute atomic E-state index is 0.186. The number of amides is 1. The summed E-state index contributed by atoms with van der Waals surface area (Å²) in [6.07, 6.45) is -2.54. The number of anilines is 2. The average Bonchev–Trinajstić information content (AvgIpc) is 2.91. The lowest BCUT2D eigenvalue weighted by atomic mass is 10.2. The molecule has 0 aromatic carbocycles. The standard InChI is InChI=1S/C14H7F5N6O3/c15-5-1-22-11-8(10(20)24-25(11)4-5)12(26)23-7-3-21-2-6(16)9(7)28-13(27)14(17,18)19/h1-4H,(H2,20,24)(H,23,26). The van der Waals surface area contributed by atoms with Crippen LogP contribution in [0.2, 0.25) is 0 Å². The quantitative estimate of drug-likeness (QED) is 0.505. The van der Waals surface area contributed by atoms with Gasteiger partial charge in [0.05, 0.1) is 24.8 Å². The number of alkyl halides is 3. The van der Waals surface area contributed by atoms with E-state index < -0.39 is 46.9 Å². The highest BCUT2D eigenvalue weighted by Crippen LogP contribution is 2.30. The van der Waals surface area contributed by atoms with Crippen LogP contribution < -0.4 is 15.8 Å². The van der Waals surface area contributed by atoms with Crippen LogP contribution in [0, 0.1) is 11.6 Å². The molecule has 0 saturated heterocycles. The Labute approximate surface area is 150 Å². The van der Waals surface area contributed by atoms with E-state index >= 15 is 0 Å². The smallest absolute Gasteiger partial charge is 0.414 e. The first kappa shape index (κ1) is 18.9. The van der Waals surface area contributed by atoms with Gasteiger partial charge in [0.1, 0.15) is 11.3 Å². The third kappa shape index (κ3) is 3.51. The van der Waals surface area contributed by atoms with Crippen molar-refractivity contribution in [2.75, 3.05) is 11.1 Å². The maximum absolute atomic E-state index is 13.8. The number of aromatic nitrogens is 4. The zero-order valence-corrected chi connectivity index (χ0v) is 13.3. The van der Waals surface area contributed by atoms with Crippen molar-refractivity contribution >= 4 is 29.0 Å². The van der Waals surface area contributed by atoms with Gasteiger partial charge in [-0.1, -0.05) is 0 Å². The van der Waals surface area contributed by atoms with Crippen LogP contribution in [0.3, 0.4) is 0 Å². The lowest BCUT2D eigenvalue weighted by Crippen LogP contribution is -2.29. The van der Waals surface area contributed by atoms with Crippen LogP contribution in [0.1, 0.15) is 10.4 Å². The fraction of sp³-hybridized carbons (Fsp3) is 0.0714. The molecule has 0 spiro atoms. The molecule has 1 amide bonds. The molecule has 14 heteroatoms. The molecule has 28 heavy (non-hydrogen) atoms. The Hall–Kier alpha value is -3.84. The summed E-state index contributed by atoms with van der Waals surface area (Å²) in [5, 5.41) is 5.67. The normalized spacial score (nSPS) is 11.5. The molecule has 3 aromatic rings. The van der Waals surface area contributed by atoms with Crippen molar-refractivity contribution < 1.29 is 36.3 Å². The predicted octanol–water partition coefficient (Wildman–Crippen LogP) is 1.70. The third-order valence-corrected chi connectivity index (χ3v) is 3.22. The Balaban J connectivity index is 1.97. The highest BCUT2D eigenvalue weighted by molar-refractivity contribution is 6.12. The summed E-state index contributed by atoms with van der Waals surface area (Å²) in [7, 11) is 0. The molecule has 3 heterocycles. The minimum Gasteiger partial charge on any atom is -0.414 e. The number of hydrogen-bond donors (Lipinski definition) is 2. The van der Waals surface area contributed by atoms with E-state index in [-0.39, 0.29) is 11.2 Å². The fourth-order valence-electron chi connectivity index (χ4n) is 2.10. The van der Waals surface area contributed by atoms with Crippen LogP contribution in [0.4, 0.5) is 33.5 Å². The van der Waals surface area contributed by atoms with E-state index in [1.807, 2.05) is 5.32 Å². The van der Waals surface area contributed by atoms with E-state index in [1.54, 1.807) is 0 Å². The number of halogens is 5. The number of carbonyl (C=O) groups excluding carboxylic acids is 2. The summed E-state index contributed by atoms with van der Waals surface area (Å²) in [5.41, 5.74) is 4.33. The number of nitrogens with two attached hydrogens (primary N) is 1. The van der Waals surface area contributed by atoms with Crippen molar-refractivity contribution in [2.45, 2.75) is 6.18 Å². The SMILES string of the molecule is Nc1nn2cc(F)cnc2c1C(=O)Nc1cncc(F)c1OC(=O)C(F)(F)F. The summed E-state index contributed by atoms with van der Waals surface area (Å²) < 4.78 is 69.0. The molecular formula is C14H7F5N6O3. The highest BCUT2D eigenvalue weighted by atomic mass is 19.4. The second kappa shape index (κ2) is 6.71. The average molecular weight is 402 g/mol. The van der Waals surface area contributed by atoms with Crippen molar-refractivity contribution in [3.63, 3.8) is 0 Å². The lowest BCUT2D eigenvalue weighted by molar-refractivity contribution is -0.189. The molecule has 0 saturated carbocycles. The Bertz CT molecular complexity index is 1100. The Morgan fingerprint density at radius 1 is 1.18 bits per heavy atom. The molecule has 3 N–H and O–H groups in total. The maximum atomic E-state index is 13.8. The van der Waals surface area contributed by atoms with Crippen molar-refractivity contribution in [2.24, 2.45) is 0 Å². The number of rotatable bonds is 3. The molecule has 0 bridgehead atoms. The van der Waals surface area contributed by atoms with E-state index in [2.05, 4.69) is 19.8 Å². The molecule has 0 aliphatic rings. The van der Waals surface area contributed by atoms with Crippen LogP contribution in [0.15, 0.2) is 24.8 Å². The second-order valence-corrected chi connectivity index (χ2v) is 5.14. The van der Waals surface area contributed by atoms with Crippen molar-refractivity contribution in [3.05, 3.63) is 42.0 Å². The van der Waals surface area contributed by atoms with E-state index in [0.717, 1.165) is 23.1 Å². The summed E-state index contributed by atoms with van der Waals surface area (Å²) >= 11 is 0. The van der Waals surface area contributed by atoms with Gasteiger partial charge in [-0.25, -0.2) is 23.1 Å². The van der Waals surface area contributed by atoms with E-state index in [0.29, 0.717) is 6.20 Å². The summed E-state index contributed by atoms with van der Waals surface area (Å²) in [6, 6.07) is 0. The molecule has 9 nitrogen and oxygen atoms in total. The first-order valence-electron chi connectivity index (χ1n) is 7.11. The topological polar surface area (TPSA) is 124 Å². The fourth-order valence-corrected chi connectivity index (χ4v) is 2.10. The summed E-state index contributed by atoms with van der Waals surface area (Å²) in [4.78, 5) is 30.4. The zero-order valence-electron chi connectivity index (χ0n) is 13.3. The Morgan fingerprint density at radius 2 is 1.89 bits per heavy atom. The van der Waals surface area contributed by atoms with Crippen molar-refractivity contribution in [1.82, 2.24) is 19.6 Å².